The van der Waals surface area contributed by atoms with Gasteiger partial charge in [-0.15, -0.1) is 0 Å². The van der Waals surface area contributed by atoms with Gasteiger partial charge in [-0.2, -0.15) is 0 Å². The number of nitrogens with zero attached hydrogens (tertiary/aromatic N) is 2. The highest BCUT2D eigenvalue weighted by atomic mass is 16.2. The van der Waals surface area contributed by atoms with Crippen molar-refractivity contribution in [3.8, 4) is 0 Å². The number of aryl methyl sites for hydroxylation is 2. The molecule has 0 radical (unpaired) electrons. The van der Waals surface area contributed by atoms with Gasteiger partial charge in [-0.3, -0.25) is 9.69 Å². The van der Waals surface area contributed by atoms with E-state index in [9.17, 15) is 4.79 Å². The zero-order valence-electron chi connectivity index (χ0n) is 11.9. The van der Waals surface area contributed by atoms with Gasteiger partial charge in [0.05, 0.1) is 5.69 Å². The van der Waals surface area contributed by atoms with Crippen LogP contribution in [0.15, 0.2) is 12.1 Å². The lowest BCUT2D eigenvalue weighted by atomic mass is 10.0. The van der Waals surface area contributed by atoms with Crippen LogP contribution >= 0.6 is 0 Å². The number of carbonyl (C=O) groups is 1. The van der Waals surface area contributed by atoms with Crippen LogP contribution in [0.1, 0.15) is 22.7 Å². The third-order valence-corrected chi connectivity index (χ3v) is 4.19. The average Bonchev–Trinajstić information content (AvgIpc) is 2.63. The third-order valence-electron chi connectivity index (χ3n) is 4.19. The van der Waals surface area contributed by atoms with Crippen molar-refractivity contribution in [2.75, 3.05) is 38.1 Å². The van der Waals surface area contributed by atoms with E-state index in [0.717, 1.165) is 31.9 Å². The van der Waals surface area contributed by atoms with Crippen LogP contribution in [-0.2, 0) is 4.79 Å². The number of likely N-dealkylation sites (N-methyl/N-ethyl adjacent to an activating group) is 1. The summed E-state index contributed by atoms with van der Waals surface area (Å²) in [5.41, 5.74) is 4.73. The normalized spacial score (nSPS) is 23.8. The molecule has 4 heteroatoms. The second kappa shape index (κ2) is 4.62. The number of benzene rings is 1. The summed E-state index contributed by atoms with van der Waals surface area (Å²) in [5, 5.41) is 3.34. The summed E-state index contributed by atoms with van der Waals surface area (Å²) < 4.78 is 0. The van der Waals surface area contributed by atoms with Crippen molar-refractivity contribution in [3.63, 3.8) is 0 Å². The maximum absolute atomic E-state index is 12.6. The second-order valence-corrected chi connectivity index (χ2v) is 5.61. The summed E-state index contributed by atoms with van der Waals surface area (Å²) in [6.07, 6.45) is 0. The molecule has 0 aliphatic carbocycles. The molecule has 2 aliphatic rings. The van der Waals surface area contributed by atoms with Crippen molar-refractivity contribution in [2.45, 2.75) is 19.9 Å². The smallest absolute Gasteiger partial charge is 0.248 e. The van der Waals surface area contributed by atoms with Gasteiger partial charge in [-0.1, -0.05) is 17.7 Å². The standard InChI is InChI=1S/C15H21N3O/c1-10-8-11(2)13-12(9-10)14(15(19)17(13)3)18-6-4-16-5-7-18/h8-9,14,16H,4-7H2,1-3H3. The fourth-order valence-electron chi connectivity index (χ4n) is 3.38. The molecule has 1 saturated heterocycles. The Morgan fingerprint density at radius 3 is 2.58 bits per heavy atom. The molecular weight excluding hydrogens is 238 g/mol. The zero-order chi connectivity index (χ0) is 13.6. The van der Waals surface area contributed by atoms with Crippen LogP contribution in [0.5, 0.6) is 0 Å². The van der Waals surface area contributed by atoms with E-state index in [1.54, 1.807) is 0 Å². The Labute approximate surface area is 114 Å². The molecule has 1 aromatic rings. The van der Waals surface area contributed by atoms with Crippen LogP contribution in [-0.4, -0.2) is 44.0 Å². The molecule has 1 fully saturated rings. The molecule has 0 bridgehead atoms. The van der Waals surface area contributed by atoms with E-state index < -0.39 is 0 Å². The Morgan fingerprint density at radius 1 is 1.21 bits per heavy atom. The molecule has 2 heterocycles. The summed E-state index contributed by atoms with van der Waals surface area (Å²) in [5.74, 6) is 0.214. The Kier molecular flexibility index (Phi) is 3.07. The fraction of sp³-hybridized carbons (Fsp3) is 0.533. The van der Waals surface area contributed by atoms with E-state index in [1.807, 2.05) is 11.9 Å². The summed E-state index contributed by atoms with van der Waals surface area (Å²) in [6, 6.07) is 4.25. The summed E-state index contributed by atoms with van der Waals surface area (Å²) in [4.78, 5) is 16.7. The van der Waals surface area contributed by atoms with Gasteiger partial charge in [0, 0.05) is 38.8 Å². The van der Waals surface area contributed by atoms with Crippen molar-refractivity contribution in [1.29, 1.82) is 0 Å². The molecular formula is C15H21N3O. The van der Waals surface area contributed by atoms with Crippen LogP contribution in [0.2, 0.25) is 0 Å². The quantitative estimate of drug-likeness (QED) is 0.824. The van der Waals surface area contributed by atoms with E-state index in [4.69, 9.17) is 0 Å². The van der Waals surface area contributed by atoms with E-state index >= 15 is 0 Å². The molecule has 1 N–H and O–H groups in total. The monoisotopic (exact) mass is 259 g/mol. The molecule has 1 amide bonds. The minimum absolute atomic E-state index is 0.0827. The first-order chi connectivity index (χ1) is 9.09. The van der Waals surface area contributed by atoms with Gasteiger partial charge in [-0.25, -0.2) is 0 Å². The van der Waals surface area contributed by atoms with Crippen molar-refractivity contribution in [2.24, 2.45) is 0 Å². The lowest BCUT2D eigenvalue weighted by Crippen LogP contribution is -2.47. The molecule has 1 aromatic carbocycles. The first-order valence-electron chi connectivity index (χ1n) is 6.93. The Bertz CT molecular complexity index is 520. The average molecular weight is 259 g/mol. The predicted molar refractivity (Wildman–Crippen MR) is 76.5 cm³/mol. The molecule has 0 saturated carbocycles. The minimum atomic E-state index is -0.0827. The Morgan fingerprint density at radius 2 is 1.89 bits per heavy atom. The largest absolute Gasteiger partial charge is 0.314 e. The number of carbonyl (C=O) groups excluding carboxylic acids is 1. The molecule has 0 aromatic heterocycles. The van der Waals surface area contributed by atoms with Gasteiger partial charge in [-0.05, 0) is 19.4 Å². The third kappa shape index (κ3) is 1.95. The number of rotatable bonds is 1. The van der Waals surface area contributed by atoms with Gasteiger partial charge in [0.25, 0.3) is 0 Å². The number of hydrogen-bond donors (Lipinski definition) is 1. The Balaban J connectivity index is 2.05. The van der Waals surface area contributed by atoms with Crippen LogP contribution < -0.4 is 10.2 Å². The van der Waals surface area contributed by atoms with Gasteiger partial charge < -0.3 is 10.2 Å². The van der Waals surface area contributed by atoms with Crippen LogP contribution in [0.3, 0.4) is 0 Å². The van der Waals surface area contributed by atoms with Crippen molar-refractivity contribution >= 4 is 11.6 Å². The van der Waals surface area contributed by atoms with E-state index in [0.29, 0.717) is 0 Å². The molecule has 3 rings (SSSR count). The van der Waals surface area contributed by atoms with Gasteiger partial charge in [0.15, 0.2) is 0 Å². The highest BCUT2D eigenvalue weighted by molar-refractivity contribution is 6.05. The predicted octanol–water partition coefficient (Wildman–Crippen LogP) is 1.23. The van der Waals surface area contributed by atoms with Crippen molar-refractivity contribution in [3.05, 3.63) is 28.8 Å². The molecule has 102 valence electrons. The first kappa shape index (κ1) is 12.6. The molecule has 19 heavy (non-hydrogen) atoms. The lowest BCUT2D eigenvalue weighted by molar-refractivity contribution is -0.123. The number of piperazine rings is 1. The Hall–Kier alpha value is -1.39. The topological polar surface area (TPSA) is 35.6 Å². The SMILES string of the molecule is Cc1cc(C)c2c(c1)C(N1CCNCC1)C(=O)N2C. The second-order valence-electron chi connectivity index (χ2n) is 5.61. The van der Waals surface area contributed by atoms with Crippen molar-refractivity contribution < 1.29 is 4.79 Å². The van der Waals surface area contributed by atoms with Gasteiger partial charge >= 0.3 is 0 Å². The number of amides is 1. The number of nitrogens with one attached hydrogen (secondary N) is 1. The number of anilines is 1. The highest BCUT2D eigenvalue weighted by Gasteiger charge is 2.40. The molecule has 2 aliphatic heterocycles. The van der Waals surface area contributed by atoms with Crippen LogP contribution in [0.4, 0.5) is 5.69 Å². The summed E-state index contributed by atoms with van der Waals surface area (Å²) >= 11 is 0. The fourth-order valence-corrected chi connectivity index (χ4v) is 3.38. The maximum atomic E-state index is 12.6. The van der Waals surface area contributed by atoms with Crippen molar-refractivity contribution in [1.82, 2.24) is 10.2 Å². The van der Waals surface area contributed by atoms with Gasteiger partial charge in [0.2, 0.25) is 5.91 Å². The zero-order valence-corrected chi connectivity index (χ0v) is 11.9. The molecule has 0 spiro atoms. The summed E-state index contributed by atoms with van der Waals surface area (Å²) in [6.45, 7) is 8.01. The molecule has 4 nitrogen and oxygen atoms in total. The molecule has 1 atom stereocenters. The molecule has 1 unspecified atom stereocenters. The number of fused-ring (bicyclic) bond motifs is 1. The minimum Gasteiger partial charge on any atom is -0.314 e. The van der Waals surface area contributed by atoms with Gasteiger partial charge in [0.1, 0.15) is 6.04 Å². The van der Waals surface area contributed by atoms with Crippen LogP contribution in [0.25, 0.3) is 0 Å². The lowest BCUT2D eigenvalue weighted by Gasteiger charge is -2.31. The van der Waals surface area contributed by atoms with E-state index in [-0.39, 0.29) is 11.9 Å². The van der Waals surface area contributed by atoms with E-state index in [1.165, 1.54) is 16.7 Å². The van der Waals surface area contributed by atoms with E-state index in [2.05, 4.69) is 36.2 Å². The maximum Gasteiger partial charge on any atom is 0.248 e. The summed E-state index contributed by atoms with van der Waals surface area (Å²) in [7, 11) is 1.89. The first-order valence-corrected chi connectivity index (χ1v) is 6.93. The van der Waals surface area contributed by atoms with Crippen LogP contribution in [0, 0.1) is 13.8 Å². The highest BCUT2D eigenvalue weighted by Crippen LogP contribution is 2.41. The number of hydrogen-bond acceptors (Lipinski definition) is 3.